The van der Waals surface area contributed by atoms with Gasteiger partial charge in [0.2, 0.25) is 0 Å². The summed E-state index contributed by atoms with van der Waals surface area (Å²) in [4.78, 5) is 11.5. The third-order valence-corrected chi connectivity index (χ3v) is 8.42. The van der Waals surface area contributed by atoms with Crippen molar-refractivity contribution in [2.75, 3.05) is 13.1 Å². The smallest absolute Gasteiger partial charge is 0.269 e. The Morgan fingerprint density at radius 2 is 2.03 bits per heavy atom. The van der Waals surface area contributed by atoms with Crippen LogP contribution in [0.4, 0.5) is 0 Å². The van der Waals surface area contributed by atoms with Crippen molar-refractivity contribution in [2.24, 2.45) is 0 Å². The summed E-state index contributed by atoms with van der Waals surface area (Å²) in [6.45, 7) is 5.19. The van der Waals surface area contributed by atoms with Crippen LogP contribution in [0.1, 0.15) is 51.1 Å². The lowest BCUT2D eigenvalue weighted by molar-refractivity contribution is 0.180. The van der Waals surface area contributed by atoms with Gasteiger partial charge >= 0.3 is 0 Å². The van der Waals surface area contributed by atoms with E-state index in [9.17, 15) is 18.8 Å². The number of nitriles is 1. The number of benzene rings is 1. The predicted octanol–water partition coefficient (Wildman–Crippen LogP) is 3.62. The van der Waals surface area contributed by atoms with Gasteiger partial charge in [-0.05, 0) is 38.0 Å². The van der Waals surface area contributed by atoms with Gasteiger partial charge in [-0.25, -0.2) is 22.4 Å². The topological polar surface area (TPSA) is 117 Å². The quantitative estimate of drug-likeness (QED) is 0.419. The van der Waals surface area contributed by atoms with E-state index in [0.717, 1.165) is 31.3 Å². The molecule has 1 unspecified atom stereocenters. The second-order valence-corrected chi connectivity index (χ2v) is 10.9. The van der Waals surface area contributed by atoms with E-state index in [4.69, 9.17) is 0 Å². The first-order valence-corrected chi connectivity index (χ1v) is 13.3. The van der Waals surface area contributed by atoms with Crippen molar-refractivity contribution in [2.45, 2.75) is 56.2 Å². The molecule has 1 aliphatic heterocycles. The third-order valence-electron chi connectivity index (χ3n) is 6.74. The van der Waals surface area contributed by atoms with Crippen molar-refractivity contribution < 1.29 is 13.5 Å². The molecule has 182 valence electrons. The average Bonchev–Trinajstić information content (AvgIpc) is 3.59. The largest absolute Gasteiger partial charge is 0.385 e. The lowest BCUT2D eigenvalue weighted by Crippen LogP contribution is -2.32. The normalized spacial score (nSPS) is 18.7. The van der Waals surface area contributed by atoms with Gasteiger partial charge in [-0.2, -0.15) is 5.26 Å². The van der Waals surface area contributed by atoms with Gasteiger partial charge in [0.25, 0.3) is 10.0 Å². The molecular formula is C25H28N6O3S. The molecule has 3 aromatic heterocycles. The van der Waals surface area contributed by atoms with Gasteiger partial charge in [0.05, 0.1) is 28.7 Å². The molecule has 0 spiro atoms. The maximum Gasteiger partial charge on any atom is 0.269 e. The molecule has 1 N–H and O–H groups in total. The van der Waals surface area contributed by atoms with Gasteiger partial charge in [0.1, 0.15) is 17.4 Å². The molecule has 5 rings (SSSR count). The summed E-state index contributed by atoms with van der Waals surface area (Å²) in [5, 5.41) is 20.9. The van der Waals surface area contributed by atoms with E-state index in [1.807, 2.05) is 4.57 Å². The summed E-state index contributed by atoms with van der Waals surface area (Å²) < 4.78 is 29.9. The minimum absolute atomic E-state index is 0.00279. The van der Waals surface area contributed by atoms with Crippen molar-refractivity contribution in [3.8, 4) is 6.07 Å². The number of imidazole rings is 1. The molecule has 35 heavy (non-hydrogen) atoms. The number of likely N-dealkylation sites (tertiary alicyclic amines) is 1. The molecule has 0 saturated carbocycles. The van der Waals surface area contributed by atoms with Crippen molar-refractivity contribution in [3.05, 3.63) is 54.6 Å². The first-order chi connectivity index (χ1) is 16.9. The second kappa shape index (κ2) is 9.07. The molecule has 10 heteroatoms. The fourth-order valence-electron chi connectivity index (χ4n) is 5.09. The number of hydrogen-bond acceptors (Lipinski definition) is 7. The summed E-state index contributed by atoms with van der Waals surface area (Å²) in [6, 6.07) is 12.3. The fourth-order valence-corrected chi connectivity index (χ4v) is 6.42. The van der Waals surface area contributed by atoms with Crippen LogP contribution in [0.15, 0.2) is 53.7 Å². The third kappa shape index (κ3) is 3.89. The van der Waals surface area contributed by atoms with Crippen LogP contribution < -0.4 is 0 Å². The molecule has 4 heterocycles. The number of pyridine rings is 1. The Bertz CT molecular complexity index is 1520. The first-order valence-electron chi connectivity index (χ1n) is 11.9. The van der Waals surface area contributed by atoms with Crippen LogP contribution in [0.25, 0.3) is 22.1 Å². The number of aliphatic hydroxyl groups excluding tert-OH is 1. The zero-order chi connectivity index (χ0) is 24.7. The summed E-state index contributed by atoms with van der Waals surface area (Å²) >= 11 is 0. The van der Waals surface area contributed by atoms with E-state index in [-0.39, 0.29) is 17.0 Å². The summed E-state index contributed by atoms with van der Waals surface area (Å²) in [5.74, 6) is 0.517. The predicted molar refractivity (Wildman–Crippen MR) is 132 cm³/mol. The minimum Gasteiger partial charge on any atom is -0.385 e. The molecule has 1 saturated heterocycles. The van der Waals surface area contributed by atoms with Gasteiger partial charge < -0.3 is 9.67 Å². The molecule has 0 amide bonds. The maximum absolute atomic E-state index is 13.3. The highest BCUT2D eigenvalue weighted by atomic mass is 32.2. The van der Waals surface area contributed by atoms with Gasteiger partial charge in [0.15, 0.2) is 5.65 Å². The van der Waals surface area contributed by atoms with Crippen LogP contribution in [-0.2, 0) is 10.0 Å². The number of nitrogens with zero attached hydrogens (tertiary/aromatic N) is 6. The highest BCUT2D eigenvalue weighted by molar-refractivity contribution is 7.90. The number of fused-ring (bicyclic) bond motifs is 3. The van der Waals surface area contributed by atoms with Gasteiger partial charge in [0, 0.05) is 30.7 Å². The van der Waals surface area contributed by atoms with E-state index >= 15 is 0 Å². The van der Waals surface area contributed by atoms with Crippen LogP contribution in [0.5, 0.6) is 0 Å². The SMILES string of the molecule is CCC[C@@H](C#N)N1CCC(n2c([C@@H](C)O)nc3cnc4c(ccn4S(=O)(=O)c4ccccc4)c32)C1. The van der Waals surface area contributed by atoms with Crippen LogP contribution in [-0.4, -0.2) is 56.1 Å². The molecule has 0 radical (unpaired) electrons. The molecule has 1 aromatic carbocycles. The molecule has 3 atom stereocenters. The van der Waals surface area contributed by atoms with Crippen molar-refractivity contribution in [1.82, 2.24) is 23.4 Å². The van der Waals surface area contributed by atoms with E-state index in [2.05, 4.69) is 27.9 Å². The standard InChI is InChI=1S/C25H28N6O3S/c1-3-7-18(14-26)29-12-10-19(16-29)31-23-21-11-13-30(35(33,34)20-8-5-4-6-9-20)25(21)27-15-22(23)28-24(31)17(2)32/h4-6,8-9,11,13,15,17-19,32H,3,7,10,12,16H2,1-2H3/t17-,18+,19?/m1/s1. The average molecular weight is 493 g/mol. The maximum atomic E-state index is 13.3. The second-order valence-electron chi connectivity index (χ2n) is 9.05. The Kier molecular flexibility index (Phi) is 6.09. The zero-order valence-corrected chi connectivity index (χ0v) is 20.6. The summed E-state index contributed by atoms with van der Waals surface area (Å²) in [7, 11) is -3.83. The lowest BCUT2D eigenvalue weighted by Gasteiger charge is -2.23. The van der Waals surface area contributed by atoms with Crippen molar-refractivity contribution in [1.29, 1.82) is 5.26 Å². The number of rotatable bonds is 7. The Balaban J connectivity index is 1.65. The number of hydrogen-bond donors (Lipinski definition) is 1. The van der Waals surface area contributed by atoms with Crippen LogP contribution >= 0.6 is 0 Å². The highest BCUT2D eigenvalue weighted by Gasteiger charge is 2.33. The van der Waals surface area contributed by atoms with Crippen LogP contribution in [0.2, 0.25) is 0 Å². The first kappa shape index (κ1) is 23.5. The van der Waals surface area contributed by atoms with Crippen LogP contribution in [0.3, 0.4) is 0 Å². The number of aliphatic hydroxyl groups is 1. The van der Waals surface area contributed by atoms with Crippen molar-refractivity contribution >= 4 is 32.1 Å². The van der Waals surface area contributed by atoms with Gasteiger partial charge in [-0.1, -0.05) is 31.5 Å². The fraction of sp³-hybridized carbons (Fsp3) is 0.400. The molecule has 4 aromatic rings. The van der Waals surface area contributed by atoms with Crippen LogP contribution in [0, 0.1) is 11.3 Å². The molecule has 9 nitrogen and oxygen atoms in total. The molecular weight excluding hydrogens is 464 g/mol. The minimum atomic E-state index is -3.83. The Hall–Kier alpha value is -3.26. The molecule has 0 aliphatic carbocycles. The molecule has 0 bridgehead atoms. The zero-order valence-electron chi connectivity index (χ0n) is 19.7. The Morgan fingerprint density at radius 1 is 1.26 bits per heavy atom. The molecule has 1 aliphatic rings. The lowest BCUT2D eigenvalue weighted by atomic mass is 10.1. The van der Waals surface area contributed by atoms with E-state index < -0.39 is 16.1 Å². The van der Waals surface area contributed by atoms with Gasteiger partial charge in [-0.15, -0.1) is 0 Å². The summed E-state index contributed by atoms with van der Waals surface area (Å²) in [5.41, 5.74) is 1.67. The monoisotopic (exact) mass is 492 g/mol. The highest BCUT2D eigenvalue weighted by Crippen LogP contribution is 2.35. The Morgan fingerprint density at radius 3 is 2.71 bits per heavy atom. The van der Waals surface area contributed by atoms with E-state index in [1.165, 1.54) is 10.2 Å². The number of aromatic nitrogens is 4. The summed E-state index contributed by atoms with van der Waals surface area (Å²) in [6.07, 6.45) is 4.82. The van der Waals surface area contributed by atoms with E-state index in [1.54, 1.807) is 49.5 Å². The van der Waals surface area contributed by atoms with Gasteiger partial charge in [-0.3, -0.25) is 4.90 Å². The Labute approximate surface area is 204 Å². The van der Waals surface area contributed by atoms with E-state index in [0.29, 0.717) is 28.9 Å². The molecule has 1 fully saturated rings. The van der Waals surface area contributed by atoms with Crippen molar-refractivity contribution in [3.63, 3.8) is 0 Å².